The van der Waals surface area contributed by atoms with Crippen LogP contribution in [-0.4, -0.2) is 27.5 Å². The van der Waals surface area contributed by atoms with Gasteiger partial charge in [0, 0.05) is 0 Å². The lowest BCUT2D eigenvalue weighted by molar-refractivity contribution is 0.0526. The molecule has 0 aromatic carbocycles. The fourth-order valence-corrected chi connectivity index (χ4v) is 3.10. The maximum absolute atomic E-state index is 12.1. The molecule has 0 atom stereocenters. The van der Waals surface area contributed by atoms with Gasteiger partial charge in [0.05, 0.1) is 23.4 Å². The van der Waals surface area contributed by atoms with Gasteiger partial charge in [-0.2, -0.15) is 4.98 Å². The van der Waals surface area contributed by atoms with E-state index in [9.17, 15) is 4.79 Å². The topological polar surface area (TPSA) is 117 Å². The van der Waals surface area contributed by atoms with E-state index in [1.807, 2.05) is 13.8 Å². The first-order valence-corrected chi connectivity index (χ1v) is 8.68. The van der Waals surface area contributed by atoms with Crippen molar-refractivity contribution in [2.24, 2.45) is 0 Å². The molecule has 3 rings (SSSR count). The normalized spacial score (nSPS) is 11.2. The number of aromatic nitrogens is 3. The number of nitrogen functional groups attached to an aromatic ring is 1. The fourth-order valence-electron chi connectivity index (χ4n) is 2.33. The molecule has 3 heterocycles. The highest BCUT2D eigenvalue weighted by atomic mass is 32.2. The third kappa shape index (κ3) is 3.32. The highest BCUT2D eigenvalue weighted by molar-refractivity contribution is 7.98. The lowest BCUT2D eigenvalue weighted by Crippen LogP contribution is -2.07. The van der Waals surface area contributed by atoms with E-state index in [1.54, 1.807) is 13.8 Å². The van der Waals surface area contributed by atoms with Crippen molar-refractivity contribution in [2.45, 2.75) is 38.7 Å². The van der Waals surface area contributed by atoms with Crippen LogP contribution in [0, 0.1) is 20.8 Å². The molecule has 0 amide bonds. The average Bonchev–Trinajstić information content (AvgIpc) is 3.05. The Morgan fingerprint density at radius 3 is 2.56 bits per heavy atom. The number of nitrogens with two attached hydrogens (primary N) is 1. The van der Waals surface area contributed by atoms with Crippen molar-refractivity contribution >= 4 is 34.6 Å². The summed E-state index contributed by atoms with van der Waals surface area (Å²) in [5.74, 6) is 1.74. The van der Waals surface area contributed by atoms with Crippen LogP contribution in [0.5, 0.6) is 0 Å². The number of anilines is 1. The van der Waals surface area contributed by atoms with Crippen LogP contribution in [-0.2, 0) is 10.5 Å². The summed E-state index contributed by atoms with van der Waals surface area (Å²) >= 11 is 1.36. The monoisotopic (exact) mass is 362 g/mol. The molecule has 3 aromatic heterocycles. The van der Waals surface area contributed by atoms with Crippen molar-refractivity contribution in [3.8, 4) is 0 Å². The van der Waals surface area contributed by atoms with Gasteiger partial charge in [-0.3, -0.25) is 0 Å². The molecule has 0 aliphatic carbocycles. The fraction of sp³-hybridized carbons (Fsp3) is 0.375. The predicted molar refractivity (Wildman–Crippen MR) is 92.4 cm³/mol. The number of nitrogens with zero attached hydrogens (tertiary/aromatic N) is 3. The van der Waals surface area contributed by atoms with E-state index < -0.39 is 5.97 Å². The van der Waals surface area contributed by atoms with Gasteiger partial charge in [0.15, 0.2) is 0 Å². The van der Waals surface area contributed by atoms with Crippen molar-refractivity contribution in [3.05, 3.63) is 28.6 Å². The standard InChI is InChI=1S/C16H18N4O4S/c1-5-22-15(21)11-9(4)23-14-12(11)13(17)19-10(20-14)6-25-16-18-7(2)8(3)24-16/h5-6H2,1-4H3,(H2,17,19,20). The van der Waals surface area contributed by atoms with Gasteiger partial charge in [0.2, 0.25) is 5.71 Å². The number of furan rings is 1. The van der Waals surface area contributed by atoms with Gasteiger partial charge < -0.3 is 19.3 Å². The Bertz CT molecular complexity index is 928. The third-order valence-corrected chi connectivity index (χ3v) is 4.44. The molecular formula is C16H18N4O4S. The van der Waals surface area contributed by atoms with E-state index in [2.05, 4.69) is 15.0 Å². The van der Waals surface area contributed by atoms with Crippen LogP contribution in [0.4, 0.5) is 5.82 Å². The molecule has 0 spiro atoms. The minimum atomic E-state index is -0.498. The second-order valence-electron chi connectivity index (χ2n) is 5.37. The minimum absolute atomic E-state index is 0.181. The summed E-state index contributed by atoms with van der Waals surface area (Å²) < 4.78 is 16.1. The Morgan fingerprint density at radius 1 is 1.16 bits per heavy atom. The third-order valence-electron chi connectivity index (χ3n) is 3.62. The highest BCUT2D eigenvalue weighted by Crippen LogP contribution is 2.30. The van der Waals surface area contributed by atoms with Crippen LogP contribution in [0.1, 0.15) is 40.3 Å². The number of aryl methyl sites for hydroxylation is 3. The zero-order valence-corrected chi connectivity index (χ0v) is 15.2. The number of esters is 1. The van der Waals surface area contributed by atoms with E-state index in [0.29, 0.717) is 27.9 Å². The van der Waals surface area contributed by atoms with Gasteiger partial charge in [0.1, 0.15) is 28.7 Å². The number of hydrogen-bond donors (Lipinski definition) is 1. The summed E-state index contributed by atoms with van der Waals surface area (Å²) in [7, 11) is 0. The molecule has 0 fully saturated rings. The van der Waals surface area contributed by atoms with E-state index in [-0.39, 0.29) is 23.7 Å². The lowest BCUT2D eigenvalue weighted by atomic mass is 10.2. The van der Waals surface area contributed by atoms with Crippen molar-refractivity contribution in [2.75, 3.05) is 12.3 Å². The van der Waals surface area contributed by atoms with E-state index in [4.69, 9.17) is 19.3 Å². The van der Waals surface area contributed by atoms with Gasteiger partial charge in [-0.1, -0.05) is 11.8 Å². The van der Waals surface area contributed by atoms with Crippen molar-refractivity contribution < 1.29 is 18.4 Å². The maximum atomic E-state index is 12.1. The van der Waals surface area contributed by atoms with Crippen LogP contribution in [0.2, 0.25) is 0 Å². The van der Waals surface area contributed by atoms with E-state index in [1.165, 1.54) is 11.8 Å². The molecule has 0 unspecified atom stereocenters. The summed E-state index contributed by atoms with van der Waals surface area (Å²) in [6.07, 6.45) is 0. The van der Waals surface area contributed by atoms with Crippen LogP contribution in [0.25, 0.3) is 11.1 Å². The van der Waals surface area contributed by atoms with Crippen molar-refractivity contribution in [3.63, 3.8) is 0 Å². The summed E-state index contributed by atoms with van der Waals surface area (Å²) in [5.41, 5.74) is 7.42. The van der Waals surface area contributed by atoms with Crippen LogP contribution >= 0.6 is 11.8 Å². The van der Waals surface area contributed by atoms with E-state index in [0.717, 1.165) is 11.5 Å². The predicted octanol–water partition coefficient (Wildman–Crippen LogP) is 3.19. The first kappa shape index (κ1) is 17.3. The lowest BCUT2D eigenvalue weighted by Gasteiger charge is -2.03. The minimum Gasteiger partial charge on any atom is -0.462 e. The van der Waals surface area contributed by atoms with Gasteiger partial charge in [-0.25, -0.2) is 14.8 Å². The van der Waals surface area contributed by atoms with Crippen molar-refractivity contribution in [1.29, 1.82) is 0 Å². The quantitative estimate of drug-likeness (QED) is 0.539. The summed E-state index contributed by atoms with van der Waals surface area (Å²) in [5, 5.41) is 0.924. The van der Waals surface area contributed by atoms with E-state index >= 15 is 0 Å². The number of carbonyl (C=O) groups excluding carboxylic acids is 1. The number of oxazole rings is 1. The van der Waals surface area contributed by atoms with Crippen molar-refractivity contribution in [1.82, 2.24) is 15.0 Å². The number of ether oxygens (including phenoxy) is 1. The SMILES string of the molecule is CCOC(=O)c1c(C)oc2nc(CSc3nc(C)c(C)o3)nc(N)c12. The molecule has 0 saturated carbocycles. The second kappa shape index (κ2) is 6.75. The van der Waals surface area contributed by atoms with Crippen LogP contribution in [0.15, 0.2) is 14.1 Å². The molecule has 25 heavy (non-hydrogen) atoms. The smallest absolute Gasteiger partial charge is 0.342 e. The van der Waals surface area contributed by atoms with Gasteiger partial charge >= 0.3 is 5.97 Å². The van der Waals surface area contributed by atoms with Gasteiger partial charge in [0.25, 0.3) is 5.22 Å². The summed E-state index contributed by atoms with van der Waals surface area (Å²) in [4.78, 5) is 25.0. The Morgan fingerprint density at radius 2 is 1.92 bits per heavy atom. The Kier molecular flexibility index (Phi) is 4.67. The van der Waals surface area contributed by atoms with Gasteiger partial charge in [-0.15, -0.1) is 0 Å². The number of hydrogen-bond acceptors (Lipinski definition) is 9. The van der Waals surface area contributed by atoms with Crippen LogP contribution < -0.4 is 5.73 Å². The van der Waals surface area contributed by atoms with Crippen LogP contribution in [0.3, 0.4) is 0 Å². The first-order chi connectivity index (χ1) is 11.9. The number of rotatable bonds is 5. The largest absolute Gasteiger partial charge is 0.462 e. The molecule has 0 radical (unpaired) electrons. The maximum Gasteiger partial charge on any atom is 0.342 e. The second-order valence-corrected chi connectivity index (χ2v) is 6.30. The molecule has 0 saturated heterocycles. The molecule has 132 valence electrons. The Balaban J connectivity index is 1.90. The molecule has 0 aliphatic rings. The molecular weight excluding hydrogens is 344 g/mol. The number of fused-ring (bicyclic) bond motifs is 1. The average molecular weight is 362 g/mol. The molecule has 8 nitrogen and oxygen atoms in total. The first-order valence-electron chi connectivity index (χ1n) is 7.70. The highest BCUT2D eigenvalue weighted by Gasteiger charge is 2.24. The summed E-state index contributed by atoms with van der Waals surface area (Å²) in [6, 6.07) is 0. The van der Waals surface area contributed by atoms with Gasteiger partial charge in [-0.05, 0) is 27.7 Å². The summed E-state index contributed by atoms with van der Waals surface area (Å²) in [6.45, 7) is 7.40. The Labute approximate surface area is 148 Å². The zero-order chi connectivity index (χ0) is 18.1. The Hall–Kier alpha value is -2.55. The molecule has 9 heteroatoms. The molecule has 3 aromatic rings. The zero-order valence-electron chi connectivity index (χ0n) is 14.4. The number of carbonyl (C=O) groups is 1. The molecule has 2 N–H and O–H groups in total. The number of thioether (sulfide) groups is 1. The molecule has 0 bridgehead atoms. The molecule has 0 aliphatic heterocycles.